The molecule has 0 aromatic heterocycles. The van der Waals surface area contributed by atoms with Gasteiger partial charge >= 0.3 is 0 Å². The normalized spacial score (nSPS) is 14.3. The monoisotopic (exact) mass is 292 g/mol. The predicted molar refractivity (Wildman–Crippen MR) is 75.5 cm³/mol. The fourth-order valence-corrected chi connectivity index (χ4v) is 4.05. The predicted octanol–water partition coefficient (Wildman–Crippen LogP) is 2.16. The second-order valence-electron chi connectivity index (χ2n) is 4.61. The number of hydrogen-bond donors (Lipinski definition) is 1. The number of para-hydroxylation sites is 2. The number of hydrogen-bond acceptors (Lipinski definition) is 3. The fourth-order valence-electron chi connectivity index (χ4n) is 2.42. The van der Waals surface area contributed by atoms with Gasteiger partial charge in [0.1, 0.15) is 10.7 Å². The van der Waals surface area contributed by atoms with E-state index >= 15 is 0 Å². The van der Waals surface area contributed by atoms with Crippen LogP contribution in [0.15, 0.2) is 47.4 Å². The zero-order valence-electron chi connectivity index (χ0n) is 10.6. The average Bonchev–Trinajstić information content (AvgIpc) is 2.86. The highest BCUT2D eigenvalue weighted by atomic mass is 32.2. The lowest BCUT2D eigenvalue weighted by atomic mass is 10.2. The average molecular weight is 292 g/mol. The molecule has 104 valence electrons. The molecule has 6 heteroatoms. The molecule has 0 aliphatic carbocycles. The van der Waals surface area contributed by atoms with Crippen molar-refractivity contribution in [2.45, 2.75) is 11.3 Å². The van der Waals surface area contributed by atoms with E-state index in [1.54, 1.807) is 12.1 Å². The van der Waals surface area contributed by atoms with Crippen LogP contribution in [0.2, 0.25) is 0 Å². The lowest BCUT2D eigenvalue weighted by molar-refractivity contribution is 0.589. The molecule has 3 rings (SSSR count). The van der Waals surface area contributed by atoms with Gasteiger partial charge in [0.25, 0.3) is 10.0 Å². The fraction of sp³-hybridized carbons (Fsp3) is 0.143. The number of nitrogen functional groups attached to an aromatic ring is 1. The SMILES string of the molecule is Nc1c(F)cccc1S(=O)(=O)N1CCc2ccccc21. The topological polar surface area (TPSA) is 63.4 Å². The van der Waals surface area contributed by atoms with Crippen LogP contribution in [0.1, 0.15) is 5.56 Å². The first-order valence-corrected chi connectivity index (χ1v) is 7.60. The first-order chi connectivity index (χ1) is 9.51. The van der Waals surface area contributed by atoms with Gasteiger partial charge < -0.3 is 5.73 Å². The zero-order chi connectivity index (χ0) is 14.3. The number of sulfonamides is 1. The summed E-state index contributed by atoms with van der Waals surface area (Å²) in [6.07, 6.45) is 0.643. The minimum Gasteiger partial charge on any atom is -0.395 e. The molecule has 2 aromatic rings. The Bertz CT molecular complexity index is 774. The molecule has 0 atom stereocenters. The summed E-state index contributed by atoms with van der Waals surface area (Å²) in [5.74, 6) is -0.724. The summed E-state index contributed by atoms with van der Waals surface area (Å²) in [5, 5.41) is 0. The number of anilines is 2. The minimum atomic E-state index is -3.84. The van der Waals surface area contributed by atoms with Gasteiger partial charge in [0, 0.05) is 6.54 Å². The number of halogens is 1. The van der Waals surface area contributed by atoms with Gasteiger partial charge in [-0.15, -0.1) is 0 Å². The van der Waals surface area contributed by atoms with Gasteiger partial charge in [0.05, 0.1) is 11.4 Å². The van der Waals surface area contributed by atoms with Crippen molar-refractivity contribution < 1.29 is 12.8 Å². The Morgan fingerprint density at radius 1 is 1.10 bits per heavy atom. The van der Waals surface area contributed by atoms with E-state index in [1.807, 2.05) is 12.1 Å². The molecule has 0 fully saturated rings. The molecule has 0 radical (unpaired) electrons. The number of nitrogens with two attached hydrogens (primary N) is 1. The van der Waals surface area contributed by atoms with E-state index < -0.39 is 15.8 Å². The summed E-state index contributed by atoms with van der Waals surface area (Å²) in [6, 6.07) is 11.1. The maximum atomic E-state index is 13.5. The number of benzene rings is 2. The van der Waals surface area contributed by atoms with Gasteiger partial charge in [-0.05, 0) is 30.2 Å². The minimum absolute atomic E-state index is 0.186. The highest BCUT2D eigenvalue weighted by Crippen LogP contribution is 2.34. The molecule has 1 heterocycles. The molecule has 0 bridgehead atoms. The quantitative estimate of drug-likeness (QED) is 0.863. The Kier molecular flexibility index (Phi) is 2.90. The van der Waals surface area contributed by atoms with Crippen LogP contribution in [0, 0.1) is 5.82 Å². The largest absolute Gasteiger partial charge is 0.395 e. The van der Waals surface area contributed by atoms with Crippen LogP contribution in [0.25, 0.3) is 0 Å². The summed E-state index contributed by atoms with van der Waals surface area (Å²) in [7, 11) is -3.84. The van der Waals surface area contributed by atoms with Gasteiger partial charge in [0.2, 0.25) is 0 Å². The van der Waals surface area contributed by atoms with Crippen molar-refractivity contribution >= 4 is 21.4 Å². The third-order valence-corrected chi connectivity index (χ3v) is 5.30. The van der Waals surface area contributed by atoms with Crippen LogP contribution < -0.4 is 10.0 Å². The molecular weight excluding hydrogens is 279 g/mol. The van der Waals surface area contributed by atoms with Gasteiger partial charge in [-0.3, -0.25) is 4.31 Å². The first-order valence-electron chi connectivity index (χ1n) is 6.16. The van der Waals surface area contributed by atoms with Crippen molar-refractivity contribution in [1.29, 1.82) is 0 Å². The van der Waals surface area contributed by atoms with E-state index in [1.165, 1.54) is 16.4 Å². The van der Waals surface area contributed by atoms with Crippen LogP contribution in [0.3, 0.4) is 0 Å². The van der Waals surface area contributed by atoms with E-state index in [9.17, 15) is 12.8 Å². The lowest BCUT2D eigenvalue weighted by Gasteiger charge is -2.20. The van der Waals surface area contributed by atoms with E-state index in [2.05, 4.69) is 0 Å². The molecule has 0 unspecified atom stereocenters. The van der Waals surface area contributed by atoms with Crippen molar-refractivity contribution in [3.8, 4) is 0 Å². The van der Waals surface area contributed by atoms with Crippen molar-refractivity contribution in [3.63, 3.8) is 0 Å². The van der Waals surface area contributed by atoms with Crippen molar-refractivity contribution in [1.82, 2.24) is 0 Å². The summed E-state index contributed by atoms with van der Waals surface area (Å²) in [4.78, 5) is -0.186. The number of fused-ring (bicyclic) bond motifs is 1. The van der Waals surface area contributed by atoms with Crippen LogP contribution >= 0.6 is 0 Å². The molecule has 0 amide bonds. The molecule has 4 nitrogen and oxygen atoms in total. The van der Waals surface area contributed by atoms with Crippen molar-refractivity contribution in [2.24, 2.45) is 0 Å². The first kappa shape index (κ1) is 12.9. The van der Waals surface area contributed by atoms with E-state index in [4.69, 9.17) is 5.73 Å². The zero-order valence-corrected chi connectivity index (χ0v) is 11.4. The van der Waals surface area contributed by atoms with Crippen LogP contribution in [-0.2, 0) is 16.4 Å². The number of nitrogens with zero attached hydrogens (tertiary/aromatic N) is 1. The molecule has 1 aliphatic heterocycles. The molecule has 0 saturated carbocycles. The maximum absolute atomic E-state index is 13.5. The van der Waals surface area contributed by atoms with Crippen molar-refractivity contribution in [2.75, 3.05) is 16.6 Å². The van der Waals surface area contributed by atoms with Crippen LogP contribution in [-0.4, -0.2) is 15.0 Å². The Morgan fingerprint density at radius 3 is 2.65 bits per heavy atom. The van der Waals surface area contributed by atoms with Gasteiger partial charge in [0.15, 0.2) is 0 Å². The summed E-state index contributed by atoms with van der Waals surface area (Å²) >= 11 is 0. The molecule has 2 N–H and O–H groups in total. The standard InChI is InChI=1S/C14H13FN2O2S/c15-11-5-3-7-13(14(11)16)20(18,19)17-9-8-10-4-1-2-6-12(10)17/h1-7H,8-9,16H2. The van der Waals surface area contributed by atoms with E-state index in [-0.39, 0.29) is 10.6 Å². The Labute approximate surface area is 116 Å². The Balaban J connectivity index is 2.13. The summed E-state index contributed by atoms with van der Waals surface area (Å²) in [5.41, 5.74) is 6.84. The molecule has 20 heavy (non-hydrogen) atoms. The molecular formula is C14H13FN2O2S. The highest BCUT2D eigenvalue weighted by molar-refractivity contribution is 7.93. The molecule has 0 spiro atoms. The maximum Gasteiger partial charge on any atom is 0.266 e. The lowest BCUT2D eigenvalue weighted by Crippen LogP contribution is -2.29. The van der Waals surface area contributed by atoms with E-state index in [0.29, 0.717) is 18.7 Å². The summed E-state index contributed by atoms with van der Waals surface area (Å²) < 4.78 is 40.1. The highest BCUT2D eigenvalue weighted by Gasteiger charge is 2.32. The molecule has 2 aromatic carbocycles. The Hall–Kier alpha value is -2.08. The van der Waals surface area contributed by atoms with Gasteiger partial charge in [-0.1, -0.05) is 24.3 Å². The van der Waals surface area contributed by atoms with Crippen molar-refractivity contribution in [3.05, 3.63) is 53.8 Å². The third-order valence-electron chi connectivity index (χ3n) is 3.43. The molecule has 0 saturated heterocycles. The second-order valence-corrected chi connectivity index (χ2v) is 6.44. The van der Waals surface area contributed by atoms with Gasteiger partial charge in [-0.2, -0.15) is 0 Å². The molecule has 1 aliphatic rings. The van der Waals surface area contributed by atoms with Gasteiger partial charge in [-0.25, -0.2) is 12.8 Å². The summed E-state index contributed by atoms with van der Waals surface area (Å²) in [6.45, 7) is 0.345. The third kappa shape index (κ3) is 1.84. The smallest absolute Gasteiger partial charge is 0.266 e. The Morgan fingerprint density at radius 2 is 1.85 bits per heavy atom. The number of rotatable bonds is 2. The van der Waals surface area contributed by atoms with Crippen LogP contribution in [0.5, 0.6) is 0 Å². The van der Waals surface area contributed by atoms with Crippen LogP contribution in [0.4, 0.5) is 15.8 Å². The van der Waals surface area contributed by atoms with E-state index in [0.717, 1.165) is 11.6 Å². The second kappa shape index (κ2) is 4.49.